The summed E-state index contributed by atoms with van der Waals surface area (Å²) >= 11 is 0. The highest BCUT2D eigenvalue weighted by atomic mass is 14.8. The van der Waals surface area contributed by atoms with Crippen molar-refractivity contribution in [2.75, 3.05) is 0 Å². The normalized spacial score (nSPS) is 15.6. The first-order chi connectivity index (χ1) is 27.5. The average Bonchev–Trinajstić information content (AvgIpc) is 3.86. The van der Waals surface area contributed by atoms with Gasteiger partial charge in [0.1, 0.15) is 0 Å². The highest BCUT2D eigenvalue weighted by Gasteiger charge is 2.27. The fourth-order valence-corrected chi connectivity index (χ4v) is 8.88. The van der Waals surface area contributed by atoms with Crippen molar-refractivity contribution >= 4 is 55.4 Å². The molecule has 0 saturated carbocycles. The number of nitrogens with zero attached hydrogens (tertiary/aromatic N) is 2. The topological polar surface area (TPSA) is 25.2 Å². The van der Waals surface area contributed by atoms with Crippen molar-refractivity contribution in [3.63, 3.8) is 0 Å². The van der Waals surface area contributed by atoms with Crippen LogP contribution in [-0.4, -0.2) is 10.7 Å². The second-order valence-corrected chi connectivity index (χ2v) is 15.0. The number of aliphatic imine (C=N–C) groups is 1. The molecule has 56 heavy (non-hydrogen) atoms. The van der Waals surface area contributed by atoms with E-state index in [1.807, 2.05) is 24.3 Å². The molecule has 0 aliphatic heterocycles. The number of hydrogen-bond donors (Lipinski definition) is 0. The van der Waals surface area contributed by atoms with Gasteiger partial charge in [-0.05, 0) is 105 Å². The van der Waals surface area contributed by atoms with Crippen LogP contribution in [0.15, 0.2) is 188 Å². The molecular formula is C54H40N2. The van der Waals surface area contributed by atoms with Crippen LogP contribution >= 0.6 is 0 Å². The number of benzene rings is 6. The Balaban J connectivity index is 1.14. The van der Waals surface area contributed by atoms with Crippen LogP contribution in [0.2, 0.25) is 0 Å². The van der Waals surface area contributed by atoms with Crippen LogP contribution in [-0.2, 0) is 6.42 Å². The Labute approximate surface area is 328 Å². The summed E-state index contributed by atoms with van der Waals surface area (Å²) in [6, 6.07) is 49.2. The summed E-state index contributed by atoms with van der Waals surface area (Å²) in [7, 11) is 0. The van der Waals surface area contributed by atoms with Crippen LogP contribution in [0, 0.1) is 0 Å². The largest absolute Gasteiger partial charge is 0.248 e. The van der Waals surface area contributed by atoms with E-state index in [-0.39, 0.29) is 0 Å². The smallest absolute Gasteiger partial charge is 0.0790 e. The Hall–Kier alpha value is -6.90. The molecule has 3 aliphatic rings. The highest BCUT2D eigenvalue weighted by Crippen LogP contribution is 2.49. The molecule has 2 nitrogen and oxygen atoms in total. The van der Waals surface area contributed by atoms with Crippen LogP contribution in [0.5, 0.6) is 0 Å². The Morgan fingerprint density at radius 1 is 0.714 bits per heavy atom. The van der Waals surface area contributed by atoms with E-state index in [1.54, 1.807) is 0 Å². The number of hydrogen-bond acceptors (Lipinski definition) is 2. The number of allylic oxidation sites excluding steroid dienone is 9. The molecule has 7 aromatic rings. The number of aryl methyl sites for hydroxylation is 1. The monoisotopic (exact) mass is 716 g/mol. The summed E-state index contributed by atoms with van der Waals surface area (Å²) in [5, 5.41) is 3.84. The van der Waals surface area contributed by atoms with Gasteiger partial charge in [-0.2, -0.15) is 0 Å². The van der Waals surface area contributed by atoms with Gasteiger partial charge >= 0.3 is 0 Å². The van der Waals surface area contributed by atoms with Crippen molar-refractivity contribution in [3.05, 3.63) is 227 Å². The molecule has 10 rings (SSSR count). The van der Waals surface area contributed by atoms with Crippen molar-refractivity contribution < 1.29 is 0 Å². The maximum atomic E-state index is 5.44. The van der Waals surface area contributed by atoms with Crippen LogP contribution in [0.3, 0.4) is 0 Å². The highest BCUT2D eigenvalue weighted by molar-refractivity contribution is 6.19. The van der Waals surface area contributed by atoms with Crippen molar-refractivity contribution in [2.24, 2.45) is 4.99 Å². The fourth-order valence-electron chi connectivity index (χ4n) is 8.88. The molecule has 1 aromatic heterocycles. The van der Waals surface area contributed by atoms with Crippen LogP contribution < -0.4 is 0 Å². The lowest BCUT2D eigenvalue weighted by Gasteiger charge is -2.26. The van der Waals surface area contributed by atoms with Crippen molar-refractivity contribution in [1.82, 2.24) is 4.98 Å². The van der Waals surface area contributed by atoms with E-state index in [0.29, 0.717) is 0 Å². The molecule has 0 spiro atoms. The molecule has 6 aromatic carbocycles. The Morgan fingerprint density at radius 2 is 1.46 bits per heavy atom. The third-order valence-corrected chi connectivity index (χ3v) is 11.7. The van der Waals surface area contributed by atoms with Crippen LogP contribution in [0.1, 0.15) is 64.3 Å². The molecule has 1 heterocycles. The van der Waals surface area contributed by atoms with Gasteiger partial charge in [0.2, 0.25) is 0 Å². The summed E-state index contributed by atoms with van der Waals surface area (Å²) in [5.74, 6) is 0. The maximum Gasteiger partial charge on any atom is 0.0790 e. The van der Waals surface area contributed by atoms with E-state index >= 15 is 0 Å². The molecule has 0 fully saturated rings. The summed E-state index contributed by atoms with van der Waals surface area (Å²) in [6.07, 6.45) is 11.9. The van der Waals surface area contributed by atoms with Crippen molar-refractivity contribution in [2.45, 2.75) is 26.2 Å². The molecule has 0 amide bonds. The Bertz CT molecular complexity index is 2940. The number of pyridine rings is 1. The average molecular weight is 717 g/mol. The summed E-state index contributed by atoms with van der Waals surface area (Å²) in [5.41, 5.74) is 20.6. The number of rotatable bonds is 7. The van der Waals surface area contributed by atoms with Gasteiger partial charge in [-0.1, -0.05) is 165 Å². The van der Waals surface area contributed by atoms with Crippen LogP contribution in [0.4, 0.5) is 0 Å². The van der Waals surface area contributed by atoms with Gasteiger partial charge in [0.15, 0.2) is 0 Å². The third kappa shape index (κ3) is 5.65. The van der Waals surface area contributed by atoms with E-state index in [9.17, 15) is 0 Å². The third-order valence-electron chi connectivity index (χ3n) is 11.7. The molecule has 0 N–H and O–H groups in total. The molecule has 0 saturated heterocycles. The molecule has 266 valence electrons. The minimum absolute atomic E-state index is 0.727. The van der Waals surface area contributed by atoms with Gasteiger partial charge in [0, 0.05) is 27.6 Å². The van der Waals surface area contributed by atoms with Crippen LogP contribution in [0.25, 0.3) is 60.9 Å². The predicted octanol–water partition coefficient (Wildman–Crippen LogP) is 13.7. The van der Waals surface area contributed by atoms with E-state index < -0.39 is 0 Å². The lowest BCUT2D eigenvalue weighted by Crippen LogP contribution is -2.10. The fraction of sp³-hybridized carbons (Fsp3) is 0.0741. The van der Waals surface area contributed by atoms with Gasteiger partial charge in [0.25, 0.3) is 0 Å². The molecule has 0 atom stereocenters. The Morgan fingerprint density at radius 3 is 2.25 bits per heavy atom. The second kappa shape index (κ2) is 13.7. The van der Waals surface area contributed by atoms with Crippen molar-refractivity contribution in [3.8, 4) is 11.3 Å². The van der Waals surface area contributed by atoms with E-state index in [2.05, 4.69) is 160 Å². The van der Waals surface area contributed by atoms with Gasteiger partial charge in [-0.15, -0.1) is 0 Å². The summed E-state index contributed by atoms with van der Waals surface area (Å²) in [6.45, 7) is 11.3. The molecule has 0 radical (unpaired) electrons. The molecular weight excluding hydrogens is 677 g/mol. The lowest BCUT2D eigenvalue weighted by atomic mass is 9.79. The number of fused-ring (bicyclic) bond motifs is 5. The summed E-state index contributed by atoms with van der Waals surface area (Å²) in [4.78, 5) is 10.6. The van der Waals surface area contributed by atoms with Gasteiger partial charge in [0.05, 0.1) is 22.6 Å². The van der Waals surface area contributed by atoms with Gasteiger partial charge in [-0.3, -0.25) is 0 Å². The first-order valence-corrected chi connectivity index (χ1v) is 19.5. The minimum atomic E-state index is 0.727. The SMILES string of the molecule is C=C1CCc2c(c(-c3ccccc3)nc3ccc(C(=NC(=C)c4ccccc4)c4ccccc4)cc23)/C1=C/C=C(\C)c1ccc2c3c(cccc13)C1=C2C=CC1. The molecule has 0 bridgehead atoms. The first-order valence-electron chi connectivity index (χ1n) is 19.5. The zero-order valence-corrected chi connectivity index (χ0v) is 31.5. The quantitative estimate of drug-likeness (QED) is 0.151. The lowest BCUT2D eigenvalue weighted by molar-refractivity contribution is 0.949. The first kappa shape index (κ1) is 33.7. The van der Waals surface area contributed by atoms with Gasteiger partial charge in [-0.25, -0.2) is 9.98 Å². The summed E-state index contributed by atoms with van der Waals surface area (Å²) < 4.78 is 0. The minimum Gasteiger partial charge on any atom is -0.248 e. The standard InChI is InChI=1S/C54H40N2/c1-34(41-30-31-47-44-22-13-21-43(44)46-24-14-23-45(41)51(46)47)25-28-42-35(2)26-29-48-49-33-40(27-32-50(49)56-54(52(42)48)39-19-11-6-12-20-39)53(38-17-9-5-10-18-38)55-36(3)37-15-7-4-8-16-37/h4-20,22-25,27-28,30-33H,2-3,21,26,29H2,1H3/b34-25+,42-28+,55-53?. The molecule has 2 heteroatoms. The van der Waals surface area contributed by atoms with E-state index in [0.717, 1.165) is 80.7 Å². The maximum absolute atomic E-state index is 5.44. The second-order valence-electron chi connectivity index (χ2n) is 15.0. The predicted molar refractivity (Wildman–Crippen MR) is 238 cm³/mol. The molecule has 3 aliphatic carbocycles. The van der Waals surface area contributed by atoms with Gasteiger partial charge < -0.3 is 0 Å². The van der Waals surface area contributed by atoms with Crippen molar-refractivity contribution in [1.29, 1.82) is 0 Å². The number of aromatic nitrogens is 1. The zero-order valence-electron chi connectivity index (χ0n) is 31.5. The van der Waals surface area contributed by atoms with E-state index in [1.165, 1.54) is 55.3 Å². The molecule has 0 unspecified atom stereocenters. The van der Waals surface area contributed by atoms with E-state index in [4.69, 9.17) is 9.98 Å². The zero-order chi connectivity index (χ0) is 37.8. The Kier molecular flexibility index (Phi) is 8.26.